The van der Waals surface area contributed by atoms with E-state index in [1.807, 2.05) is 31.2 Å². The lowest BCUT2D eigenvalue weighted by atomic mass is 10.0. The fourth-order valence-electron chi connectivity index (χ4n) is 2.38. The fourth-order valence-corrected chi connectivity index (χ4v) is 2.38. The molecule has 2 N–H and O–H groups in total. The van der Waals surface area contributed by atoms with Crippen molar-refractivity contribution in [1.29, 1.82) is 0 Å². The lowest BCUT2D eigenvalue weighted by molar-refractivity contribution is -0.325. The molecule has 0 aliphatic carbocycles. The molecule has 1 unspecified atom stereocenters. The van der Waals surface area contributed by atoms with Crippen LogP contribution in [0.15, 0.2) is 30.5 Å². The Kier molecular flexibility index (Phi) is 4.90. The van der Waals surface area contributed by atoms with E-state index in [0.717, 1.165) is 22.9 Å². The number of rotatable bonds is 6. The largest absolute Gasteiger partial charge is 0.522 e. The van der Waals surface area contributed by atoms with Crippen LogP contribution >= 0.6 is 0 Å². The summed E-state index contributed by atoms with van der Waals surface area (Å²) in [4.78, 5) is 0. The maximum atomic E-state index is 12.0. The Morgan fingerprint density at radius 1 is 1.29 bits per heavy atom. The third-order valence-electron chi connectivity index (χ3n) is 3.48. The van der Waals surface area contributed by atoms with Gasteiger partial charge in [-0.2, -0.15) is 0 Å². The van der Waals surface area contributed by atoms with Crippen LogP contribution in [0.4, 0.5) is 13.2 Å². The first-order chi connectivity index (χ1) is 9.90. The van der Waals surface area contributed by atoms with Crippen LogP contribution in [-0.2, 0) is 17.7 Å². The molecule has 0 saturated carbocycles. The van der Waals surface area contributed by atoms with Crippen molar-refractivity contribution >= 4 is 10.9 Å². The zero-order valence-corrected chi connectivity index (χ0v) is 11.9. The number of halogens is 3. The minimum absolute atomic E-state index is 0.0466. The summed E-state index contributed by atoms with van der Waals surface area (Å²) in [5.74, 6) is 0. The smallest absolute Gasteiger partial charge is 0.345 e. The van der Waals surface area contributed by atoms with Gasteiger partial charge < -0.3 is 10.3 Å². The number of benzene rings is 1. The first kappa shape index (κ1) is 15.9. The van der Waals surface area contributed by atoms with E-state index in [9.17, 15) is 13.2 Å². The SMILES string of the molecule is CCC(N)Cc1cccc2ccn(CCOC(F)(F)F)c12. The molecule has 0 saturated heterocycles. The third-order valence-corrected chi connectivity index (χ3v) is 3.48. The van der Waals surface area contributed by atoms with Crippen LogP contribution in [0, 0.1) is 0 Å². The van der Waals surface area contributed by atoms with Gasteiger partial charge in [0.15, 0.2) is 0 Å². The van der Waals surface area contributed by atoms with Gasteiger partial charge >= 0.3 is 6.36 Å². The number of para-hydroxylation sites is 1. The van der Waals surface area contributed by atoms with Crippen LogP contribution in [0.25, 0.3) is 10.9 Å². The number of nitrogens with two attached hydrogens (primary N) is 1. The van der Waals surface area contributed by atoms with Crippen molar-refractivity contribution in [3.05, 3.63) is 36.0 Å². The molecule has 0 aliphatic heterocycles. The number of nitrogens with zero attached hydrogens (tertiary/aromatic N) is 1. The summed E-state index contributed by atoms with van der Waals surface area (Å²) in [6.07, 6.45) is -1.24. The second-order valence-electron chi connectivity index (χ2n) is 5.03. The maximum absolute atomic E-state index is 12.0. The quantitative estimate of drug-likeness (QED) is 0.887. The van der Waals surface area contributed by atoms with Gasteiger partial charge in [0.05, 0.1) is 12.1 Å². The molecule has 0 bridgehead atoms. The highest BCUT2D eigenvalue weighted by atomic mass is 19.4. The van der Waals surface area contributed by atoms with Gasteiger partial charge in [0.1, 0.15) is 0 Å². The van der Waals surface area contributed by atoms with E-state index >= 15 is 0 Å². The molecule has 0 fully saturated rings. The van der Waals surface area contributed by atoms with Crippen molar-refractivity contribution in [2.75, 3.05) is 6.61 Å². The number of fused-ring (bicyclic) bond motifs is 1. The Morgan fingerprint density at radius 2 is 2.05 bits per heavy atom. The minimum atomic E-state index is -4.59. The first-order valence-corrected chi connectivity index (χ1v) is 6.93. The summed E-state index contributed by atoms with van der Waals surface area (Å²) in [6, 6.07) is 7.79. The number of alkyl halides is 3. The average Bonchev–Trinajstić information content (AvgIpc) is 2.82. The van der Waals surface area contributed by atoms with Crippen LogP contribution in [-0.4, -0.2) is 23.6 Å². The minimum Gasteiger partial charge on any atom is -0.345 e. The highest BCUT2D eigenvalue weighted by Crippen LogP contribution is 2.22. The zero-order chi connectivity index (χ0) is 15.5. The fraction of sp³-hybridized carbons (Fsp3) is 0.467. The molecule has 0 amide bonds. The summed E-state index contributed by atoms with van der Waals surface area (Å²) in [6.45, 7) is 1.77. The van der Waals surface area contributed by atoms with Crippen molar-refractivity contribution in [2.24, 2.45) is 5.73 Å². The predicted octanol–water partition coefficient (Wildman–Crippen LogP) is 3.46. The van der Waals surface area contributed by atoms with Crippen LogP contribution in [0.5, 0.6) is 0 Å². The molecule has 6 heteroatoms. The van der Waals surface area contributed by atoms with E-state index in [1.165, 1.54) is 0 Å². The first-order valence-electron chi connectivity index (χ1n) is 6.93. The molecule has 0 spiro atoms. The molecular formula is C15H19F3N2O. The van der Waals surface area contributed by atoms with Crippen molar-refractivity contribution in [1.82, 2.24) is 4.57 Å². The summed E-state index contributed by atoms with van der Waals surface area (Å²) in [5, 5.41) is 1.00. The molecule has 0 aliphatic rings. The average molecular weight is 300 g/mol. The highest BCUT2D eigenvalue weighted by molar-refractivity contribution is 5.83. The van der Waals surface area contributed by atoms with Crippen LogP contribution < -0.4 is 5.73 Å². The van der Waals surface area contributed by atoms with Gasteiger partial charge in [0, 0.05) is 18.8 Å². The molecular weight excluding hydrogens is 281 g/mol. The van der Waals surface area contributed by atoms with Crippen molar-refractivity contribution in [3.63, 3.8) is 0 Å². The summed E-state index contributed by atoms with van der Waals surface area (Å²) >= 11 is 0. The van der Waals surface area contributed by atoms with E-state index in [1.54, 1.807) is 10.8 Å². The number of ether oxygens (including phenoxy) is 1. The van der Waals surface area contributed by atoms with Gasteiger partial charge in [-0.3, -0.25) is 4.74 Å². The zero-order valence-electron chi connectivity index (χ0n) is 11.9. The molecule has 2 rings (SSSR count). The Balaban J connectivity index is 2.20. The molecule has 1 aromatic heterocycles. The van der Waals surface area contributed by atoms with Crippen LogP contribution in [0.3, 0.4) is 0 Å². The van der Waals surface area contributed by atoms with E-state index in [4.69, 9.17) is 5.73 Å². The normalized spacial score (nSPS) is 13.8. The highest BCUT2D eigenvalue weighted by Gasteiger charge is 2.28. The molecule has 3 nitrogen and oxygen atoms in total. The molecule has 21 heavy (non-hydrogen) atoms. The summed E-state index contributed by atoms with van der Waals surface area (Å²) in [7, 11) is 0. The van der Waals surface area contributed by atoms with E-state index in [-0.39, 0.29) is 12.6 Å². The molecule has 1 atom stereocenters. The van der Waals surface area contributed by atoms with Gasteiger partial charge in [-0.25, -0.2) is 0 Å². The Morgan fingerprint density at radius 3 is 2.71 bits per heavy atom. The monoisotopic (exact) mass is 300 g/mol. The van der Waals surface area contributed by atoms with Crippen LogP contribution in [0.1, 0.15) is 18.9 Å². The van der Waals surface area contributed by atoms with Crippen molar-refractivity contribution in [2.45, 2.75) is 38.7 Å². The molecule has 0 radical (unpaired) electrons. The van der Waals surface area contributed by atoms with E-state index in [2.05, 4.69) is 4.74 Å². The van der Waals surface area contributed by atoms with Gasteiger partial charge in [0.25, 0.3) is 0 Å². The second-order valence-corrected chi connectivity index (χ2v) is 5.03. The van der Waals surface area contributed by atoms with Crippen molar-refractivity contribution in [3.8, 4) is 0 Å². The topological polar surface area (TPSA) is 40.2 Å². The second kappa shape index (κ2) is 6.49. The van der Waals surface area contributed by atoms with Crippen LogP contribution in [0.2, 0.25) is 0 Å². The van der Waals surface area contributed by atoms with Gasteiger partial charge in [-0.1, -0.05) is 25.1 Å². The van der Waals surface area contributed by atoms with Gasteiger partial charge in [-0.15, -0.1) is 13.2 Å². The van der Waals surface area contributed by atoms with E-state index in [0.29, 0.717) is 6.42 Å². The lowest BCUT2D eigenvalue weighted by Gasteiger charge is -2.14. The summed E-state index contributed by atoms with van der Waals surface area (Å²) in [5.41, 5.74) is 7.98. The van der Waals surface area contributed by atoms with Gasteiger partial charge in [-0.05, 0) is 29.9 Å². The molecule has 1 heterocycles. The Labute approximate surface area is 121 Å². The number of hydrogen-bond donors (Lipinski definition) is 1. The van der Waals surface area contributed by atoms with Crippen molar-refractivity contribution < 1.29 is 17.9 Å². The molecule has 116 valence electrons. The van der Waals surface area contributed by atoms with Gasteiger partial charge in [0.2, 0.25) is 0 Å². The predicted molar refractivity (Wildman–Crippen MR) is 75.9 cm³/mol. The Bertz CT molecular complexity index is 592. The lowest BCUT2D eigenvalue weighted by Crippen LogP contribution is -2.22. The summed E-state index contributed by atoms with van der Waals surface area (Å²) < 4.78 is 41.8. The number of hydrogen-bond acceptors (Lipinski definition) is 2. The Hall–Kier alpha value is -1.53. The molecule has 1 aromatic carbocycles. The molecule has 2 aromatic rings. The number of aromatic nitrogens is 1. The third kappa shape index (κ3) is 4.22. The van der Waals surface area contributed by atoms with E-state index < -0.39 is 13.0 Å². The standard InChI is InChI=1S/C15H19F3N2O/c1-2-13(19)10-12-5-3-4-11-6-7-20(14(11)12)8-9-21-15(16,17)18/h3-7,13H,2,8-10,19H2,1H3. The maximum Gasteiger partial charge on any atom is 0.522 e.